The number of hydrogen-bond acceptors (Lipinski definition) is 5. The van der Waals surface area contributed by atoms with Gasteiger partial charge in [0.15, 0.2) is 0 Å². The van der Waals surface area contributed by atoms with Crippen LogP contribution in [0.25, 0.3) is 11.4 Å². The highest BCUT2D eigenvalue weighted by molar-refractivity contribution is 6.30. The molecule has 2 aromatic heterocycles. The number of aryl methyl sites for hydroxylation is 1. The molecule has 3 aromatic rings. The highest BCUT2D eigenvalue weighted by Crippen LogP contribution is 2.45. The second-order valence-electron chi connectivity index (χ2n) is 7.41. The molecule has 156 valence electrons. The Morgan fingerprint density at radius 3 is 2.60 bits per heavy atom. The van der Waals surface area contributed by atoms with Gasteiger partial charge in [-0.05, 0) is 35.2 Å². The number of nitrogens with zero attached hydrogens (tertiary/aromatic N) is 5. The van der Waals surface area contributed by atoms with Gasteiger partial charge in [0.25, 0.3) is 0 Å². The van der Waals surface area contributed by atoms with E-state index >= 15 is 0 Å². The molecule has 10 heteroatoms. The minimum Gasteiger partial charge on any atom is -0.310 e. The smallest absolute Gasteiger partial charge is 0.248 e. The number of pyridine rings is 1. The molecule has 30 heavy (non-hydrogen) atoms. The molecular weight excluding hydrogens is 414 g/mol. The summed E-state index contributed by atoms with van der Waals surface area (Å²) in [4.78, 5) is 18.5. The van der Waals surface area contributed by atoms with E-state index in [4.69, 9.17) is 11.6 Å². The quantitative estimate of drug-likeness (QED) is 0.656. The van der Waals surface area contributed by atoms with E-state index in [1.165, 1.54) is 11.0 Å². The lowest BCUT2D eigenvalue weighted by molar-refractivity contribution is -0.118. The number of alkyl halides is 2. The number of benzene rings is 1. The SMILES string of the molecule is Cn1nnc(-c2ccc([C@@H](C(=O)Nc3ccc(Cl)cn3)[C@H]3CCC(F)(F)C3)cc2)n1. The van der Waals surface area contributed by atoms with Gasteiger partial charge in [-0.15, -0.1) is 10.2 Å². The van der Waals surface area contributed by atoms with E-state index in [-0.39, 0.29) is 25.2 Å². The summed E-state index contributed by atoms with van der Waals surface area (Å²) in [5, 5.41) is 15.1. The van der Waals surface area contributed by atoms with Crippen LogP contribution in [0.4, 0.5) is 14.6 Å². The van der Waals surface area contributed by atoms with E-state index in [1.54, 1.807) is 43.4 Å². The maximum absolute atomic E-state index is 13.9. The average molecular weight is 433 g/mol. The van der Waals surface area contributed by atoms with E-state index in [0.717, 1.165) is 5.56 Å². The molecule has 0 unspecified atom stereocenters. The Hall–Kier alpha value is -2.94. The van der Waals surface area contributed by atoms with Crippen LogP contribution in [0.3, 0.4) is 0 Å². The first-order valence-corrected chi connectivity index (χ1v) is 9.83. The zero-order chi connectivity index (χ0) is 21.3. The van der Waals surface area contributed by atoms with Gasteiger partial charge < -0.3 is 5.32 Å². The second-order valence-corrected chi connectivity index (χ2v) is 7.85. The first kappa shape index (κ1) is 20.3. The molecule has 1 aromatic carbocycles. The van der Waals surface area contributed by atoms with Crippen LogP contribution >= 0.6 is 11.6 Å². The molecule has 1 amide bonds. The molecule has 0 spiro atoms. The molecule has 0 bridgehead atoms. The lowest BCUT2D eigenvalue weighted by Crippen LogP contribution is -2.27. The maximum Gasteiger partial charge on any atom is 0.248 e. The molecule has 0 aliphatic heterocycles. The topological polar surface area (TPSA) is 85.6 Å². The third-order valence-electron chi connectivity index (χ3n) is 5.21. The Balaban J connectivity index is 1.61. The van der Waals surface area contributed by atoms with Gasteiger partial charge in [-0.25, -0.2) is 13.8 Å². The molecule has 2 atom stereocenters. The summed E-state index contributed by atoms with van der Waals surface area (Å²) < 4.78 is 27.8. The van der Waals surface area contributed by atoms with Crippen LogP contribution in [0.1, 0.15) is 30.7 Å². The van der Waals surface area contributed by atoms with Gasteiger partial charge in [0, 0.05) is 24.6 Å². The molecule has 1 aliphatic carbocycles. The number of rotatable bonds is 5. The summed E-state index contributed by atoms with van der Waals surface area (Å²) in [6.07, 6.45) is 1.14. The number of tetrazole rings is 1. The molecule has 1 aliphatic rings. The van der Waals surface area contributed by atoms with Crippen LogP contribution in [0.5, 0.6) is 0 Å². The van der Waals surface area contributed by atoms with Gasteiger partial charge in [0.05, 0.1) is 18.0 Å². The number of nitrogens with one attached hydrogen (secondary N) is 1. The number of amides is 1. The van der Waals surface area contributed by atoms with Gasteiger partial charge >= 0.3 is 0 Å². The summed E-state index contributed by atoms with van der Waals surface area (Å²) in [6, 6.07) is 10.2. The molecule has 1 N–H and O–H groups in total. The van der Waals surface area contributed by atoms with Crippen molar-refractivity contribution in [3.8, 4) is 11.4 Å². The van der Waals surface area contributed by atoms with Crippen LogP contribution in [0, 0.1) is 5.92 Å². The van der Waals surface area contributed by atoms with E-state index < -0.39 is 17.8 Å². The van der Waals surface area contributed by atoms with Crippen LogP contribution in [0.2, 0.25) is 5.02 Å². The van der Waals surface area contributed by atoms with Gasteiger partial charge in [0.2, 0.25) is 17.7 Å². The number of halogens is 3. The number of aromatic nitrogens is 5. The molecular formula is C20H19ClF2N6O. The van der Waals surface area contributed by atoms with Crippen LogP contribution < -0.4 is 5.32 Å². The van der Waals surface area contributed by atoms with Crippen molar-refractivity contribution in [1.29, 1.82) is 0 Å². The highest BCUT2D eigenvalue weighted by Gasteiger charge is 2.45. The van der Waals surface area contributed by atoms with Crippen molar-refractivity contribution in [2.45, 2.75) is 31.1 Å². The third kappa shape index (κ3) is 4.46. The van der Waals surface area contributed by atoms with Gasteiger partial charge in [0.1, 0.15) is 5.82 Å². The molecule has 0 radical (unpaired) electrons. The van der Waals surface area contributed by atoms with Crippen molar-refractivity contribution in [1.82, 2.24) is 25.2 Å². The Bertz CT molecular complexity index is 1040. The Morgan fingerprint density at radius 2 is 2.03 bits per heavy atom. The predicted octanol–water partition coefficient (Wildman–Crippen LogP) is 4.08. The summed E-state index contributed by atoms with van der Waals surface area (Å²) >= 11 is 5.83. The van der Waals surface area contributed by atoms with E-state index in [1.807, 2.05) is 0 Å². The molecule has 4 rings (SSSR count). The largest absolute Gasteiger partial charge is 0.310 e. The number of carbonyl (C=O) groups excluding carboxylic acids is 1. The van der Waals surface area contributed by atoms with Crippen molar-refractivity contribution >= 4 is 23.3 Å². The molecule has 1 saturated carbocycles. The van der Waals surface area contributed by atoms with Crippen LogP contribution in [0.15, 0.2) is 42.6 Å². The Labute approximate surface area is 176 Å². The van der Waals surface area contributed by atoms with Gasteiger partial charge in [-0.1, -0.05) is 35.9 Å². The number of anilines is 1. The van der Waals surface area contributed by atoms with E-state index in [9.17, 15) is 13.6 Å². The van der Waals surface area contributed by atoms with Gasteiger partial charge in [-0.3, -0.25) is 4.79 Å². The predicted molar refractivity (Wildman–Crippen MR) is 107 cm³/mol. The lowest BCUT2D eigenvalue weighted by Gasteiger charge is -2.23. The molecule has 7 nitrogen and oxygen atoms in total. The van der Waals surface area contributed by atoms with Crippen LogP contribution in [-0.2, 0) is 11.8 Å². The average Bonchev–Trinajstić information content (AvgIpc) is 3.29. The highest BCUT2D eigenvalue weighted by atomic mass is 35.5. The Kier molecular flexibility index (Phi) is 5.46. The van der Waals surface area contributed by atoms with Crippen molar-refractivity contribution in [3.05, 3.63) is 53.2 Å². The number of carbonyl (C=O) groups is 1. The fourth-order valence-corrected chi connectivity index (χ4v) is 3.91. The van der Waals surface area contributed by atoms with Crippen LogP contribution in [-0.4, -0.2) is 37.0 Å². The third-order valence-corrected chi connectivity index (χ3v) is 5.43. The lowest BCUT2D eigenvalue weighted by atomic mass is 9.83. The minimum atomic E-state index is -2.76. The summed E-state index contributed by atoms with van der Waals surface area (Å²) in [7, 11) is 1.66. The maximum atomic E-state index is 13.9. The molecule has 0 saturated heterocycles. The van der Waals surface area contributed by atoms with Gasteiger partial charge in [-0.2, -0.15) is 4.80 Å². The molecule has 2 heterocycles. The Morgan fingerprint density at radius 1 is 1.27 bits per heavy atom. The summed E-state index contributed by atoms with van der Waals surface area (Å²) in [6.45, 7) is 0. The molecule has 1 fully saturated rings. The fraction of sp³-hybridized carbons (Fsp3) is 0.350. The standard InChI is InChI=1S/C20H19ClF2N6O/c1-29-27-18(26-28-29)13-4-2-12(3-5-13)17(14-8-9-20(22,23)10-14)19(30)25-16-7-6-15(21)11-24-16/h2-7,11,14,17H,8-10H2,1H3,(H,24,25,30)/t14-,17+/m0/s1. The summed E-state index contributed by atoms with van der Waals surface area (Å²) in [5.41, 5.74) is 1.37. The van der Waals surface area contributed by atoms with Crippen molar-refractivity contribution in [2.24, 2.45) is 13.0 Å². The normalized spacial score (nSPS) is 18.9. The minimum absolute atomic E-state index is 0.220. The zero-order valence-electron chi connectivity index (χ0n) is 16.1. The second kappa shape index (κ2) is 8.06. The first-order valence-electron chi connectivity index (χ1n) is 9.45. The number of hydrogen-bond donors (Lipinski definition) is 1. The summed E-state index contributed by atoms with van der Waals surface area (Å²) in [5.74, 6) is -3.58. The van der Waals surface area contributed by atoms with Crippen molar-refractivity contribution in [3.63, 3.8) is 0 Å². The first-order chi connectivity index (χ1) is 14.3. The monoisotopic (exact) mass is 432 g/mol. The zero-order valence-corrected chi connectivity index (χ0v) is 16.9. The van der Waals surface area contributed by atoms with E-state index in [2.05, 4.69) is 25.7 Å². The fourth-order valence-electron chi connectivity index (χ4n) is 3.80. The van der Waals surface area contributed by atoms with Crippen molar-refractivity contribution < 1.29 is 13.6 Å². The van der Waals surface area contributed by atoms with Crippen molar-refractivity contribution in [2.75, 3.05) is 5.32 Å². The van der Waals surface area contributed by atoms with E-state index in [0.29, 0.717) is 22.2 Å².